The summed E-state index contributed by atoms with van der Waals surface area (Å²) in [5.41, 5.74) is 2.20. The van der Waals surface area contributed by atoms with Crippen LogP contribution in [0.4, 0.5) is 5.69 Å². The molecule has 7 heteroatoms. The van der Waals surface area contributed by atoms with E-state index in [1.165, 1.54) is 10.9 Å². The van der Waals surface area contributed by atoms with Crippen molar-refractivity contribution in [2.45, 2.75) is 6.92 Å². The van der Waals surface area contributed by atoms with E-state index in [0.29, 0.717) is 22.2 Å². The van der Waals surface area contributed by atoms with Crippen molar-refractivity contribution >= 4 is 22.5 Å². The zero-order chi connectivity index (χ0) is 15.9. The molecular formula is C15H15N5O2. The number of nitrogens with zero attached hydrogens (tertiary/aromatic N) is 4. The summed E-state index contributed by atoms with van der Waals surface area (Å²) in [4.78, 5) is 28.5. The maximum atomic E-state index is 12.3. The first-order chi connectivity index (χ1) is 10.5. The summed E-state index contributed by atoms with van der Waals surface area (Å²) < 4.78 is 3.04. The number of hydrogen-bond donors (Lipinski definition) is 1. The molecule has 0 aliphatic heterocycles. The molecule has 0 aliphatic carbocycles. The number of rotatable bonds is 2. The van der Waals surface area contributed by atoms with E-state index >= 15 is 0 Å². The standard InChI is InChI=1S/C15H15N5O2/c1-9-13(7-20(3)18-9)17-14(21)10-4-5-11-12(6-10)16-8-19(2)15(11)22/h4-8H,1-3H3,(H,17,21). The Hall–Kier alpha value is -2.96. The van der Waals surface area contributed by atoms with Crippen LogP contribution >= 0.6 is 0 Å². The topological polar surface area (TPSA) is 81.8 Å². The van der Waals surface area contributed by atoms with Crippen LogP contribution in [-0.4, -0.2) is 25.2 Å². The number of nitrogens with one attached hydrogen (secondary N) is 1. The van der Waals surface area contributed by atoms with Crippen LogP contribution in [0.25, 0.3) is 10.9 Å². The van der Waals surface area contributed by atoms with Gasteiger partial charge in [-0.2, -0.15) is 5.10 Å². The highest BCUT2D eigenvalue weighted by Crippen LogP contribution is 2.15. The molecule has 0 saturated carbocycles. The molecule has 1 aromatic carbocycles. The fourth-order valence-electron chi connectivity index (χ4n) is 2.27. The average molecular weight is 297 g/mol. The maximum absolute atomic E-state index is 12.3. The molecule has 3 rings (SSSR count). The molecule has 0 fully saturated rings. The first kappa shape index (κ1) is 14.0. The van der Waals surface area contributed by atoms with Gasteiger partial charge in [0.2, 0.25) is 0 Å². The average Bonchev–Trinajstić information content (AvgIpc) is 2.80. The summed E-state index contributed by atoms with van der Waals surface area (Å²) in [6.07, 6.45) is 3.18. The number of aryl methyl sites for hydroxylation is 3. The molecule has 7 nitrogen and oxygen atoms in total. The van der Waals surface area contributed by atoms with Gasteiger partial charge in [0.25, 0.3) is 11.5 Å². The van der Waals surface area contributed by atoms with Crippen LogP contribution in [0.3, 0.4) is 0 Å². The van der Waals surface area contributed by atoms with E-state index in [1.54, 1.807) is 43.2 Å². The second-order valence-corrected chi connectivity index (χ2v) is 5.15. The molecule has 2 heterocycles. The van der Waals surface area contributed by atoms with Gasteiger partial charge in [-0.1, -0.05) is 0 Å². The van der Waals surface area contributed by atoms with Crippen molar-refractivity contribution in [3.8, 4) is 0 Å². The Morgan fingerprint density at radius 1 is 1.27 bits per heavy atom. The molecule has 112 valence electrons. The monoisotopic (exact) mass is 297 g/mol. The maximum Gasteiger partial charge on any atom is 0.260 e. The largest absolute Gasteiger partial charge is 0.319 e. The van der Waals surface area contributed by atoms with Crippen molar-refractivity contribution in [1.82, 2.24) is 19.3 Å². The summed E-state index contributed by atoms with van der Waals surface area (Å²) in [6.45, 7) is 1.82. The molecular weight excluding hydrogens is 282 g/mol. The molecule has 0 saturated heterocycles. The van der Waals surface area contributed by atoms with Gasteiger partial charge in [0, 0.05) is 25.9 Å². The normalized spacial score (nSPS) is 10.9. The van der Waals surface area contributed by atoms with E-state index in [1.807, 2.05) is 6.92 Å². The van der Waals surface area contributed by atoms with E-state index in [0.717, 1.165) is 5.69 Å². The molecule has 0 radical (unpaired) electrons. The van der Waals surface area contributed by atoms with E-state index in [2.05, 4.69) is 15.4 Å². The first-order valence-electron chi connectivity index (χ1n) is 6.72. The molecule has 0 atom stereocenters. The molecule has 0 aliphatic rings. The Labute approximate surface area is 126 Å². The fraction of sp³-hybridized carbons (Fsp3) is 0.200. The lowest BCUT2D eigenvalue weighted by atomic mass is 10.1. The number of benzene rings is 1. The Kier molecular flexibility index (Phi) is 3.25. The summed E-state index contributed by atoms with van der Waals surface area (Å²) in [6, 6.07) is 4.85. The van der Waals surface area contributed by atoms with Crippen LogP contribution in [-0.2, 0) is 14.1 Å². The number of anilines is 1. The highest BCUT2D eigenvalue weighted by atomic mass is 16.1. The van der Waals surface area contributed by atoms with Crippen molar-refractivity contribution in [1.29, 1.82) is 0 Å². The SMILES string of the molecule is Cc1nn(C)cc1NC(=O)c1ccc2c(=O)n(C)cnc2c1. The van der Waals surface area contributed by atoms with Crippen LogP contribution in [0.1, 0.15) is 16.1 Å². The Morgan fingerprint density at radius 3 is 2.73 bits per heavy atom. The van der Waals surface area contributed by atoms with E-state index < -0.39 is 0 Å². The van der Waals surface area contributed by atoms with E-state index in [-0.39, 0.29) is 11.5 Å². The van der Waals surface area contributed by atoms with Crippen molar-refractivity contribution in [3.63, 3.8) is 0 Å². The van der Waals surface area contributed by atoms with Gasteiger partial charge >= 0.3 is 0 Å². The van der Waals surface area contributed by atoms with E-state index in [4.69, 9.17) is 0 Å². The summed E-state index contributed by atoms with van der Waals surface area (Å²) in [7, 11) is 3.43. The minimum absolute atomic E-state index is 0.139. The van der Waals surface area contributed by atoms with Gasteiger partial charge in [-0.15, -0.1) is 0 Å². The van der Waals surface area contributed by atoms with Crippen LogP contribution < -0.4 is 10.9 Å². The number of carbonyl (C=O) groups excluding carboxylic acids is 1. The van der Waals surface area contributed by atoms with Crippen LogP contribution in [0.15, 0.2) is 35.5 Å². The Balaban J connectivity index is 1.96. The highest BCUT2D eigenvalue weighted by molar-refractivity contribution is 6.06. The Morgan fingerprint density at radius 2 is 2.05 bits per heavy atom. The molecule has 0 unspecified atom stereocenters. The summed E-state index contributed by atoms with van der Waals surface area (Å²) in [5.74, 6) is -0.263. The predicted octanol–water partition coefficient (Wildman–Crippen LogP) is 1.23. The molecule has 3 aromatic rings. The summed E-state index contributed by atoms with van der Waals surface area (Å²) in [5, 5.41) is 7.46. The van der Waals surface area contributed by atoms with Crippen molar-refractivity contribution in [2.24, 2.45) is 14.1 Å². The Bertz CT molecular complexity index is 939. The number of amides is 1. The molecule has 0 spiro atoms. The third-order valence-electron chi connectivity index (χ3n) is 3.44. The second kappa shape index (κ2) is 5.10. The van der Waals surface area contributed by atoms with Crippen molar-refractivity contribution in [2.75, 3.05) is 5.32 Å². The fourth-order valence-corrected chi connectivity index (χ4v) is 2.27. The second-order valence-electron chi connectivity index (χ2n) is 5.15. The van der Waals surface area contributed by atoms with Gasteiger partial charge in [0.15, 0.2) is 0 Å². The molecule has 0 bridgehead atoms. The molecule has 1 amide bonds. The number of hydrogen-bond acceptors (Lipinski definition) is 4. The lowest BCUT2D eigenvalue weighted by molar-refractivity contribution is 0.102. The van der Waals surface area contributed by atoms with Crippen molar-refractivity contribution in [3.05, 3.63) is 52.3 Å². The molecule has 2 aromatic heterocycles. The third kappa shape index (κ3) is 2.37. The van der Waals surface area contributed by atoms with E-state index in [9.17, 15) is 9.59 Å². The van der Waals surface area contributed by atoms with Gasteiger partial charge in [-0.25, -0.2) is 4.98 Å². The van der Waals surface area contributed by atoms with Gasteiger partial charge in [-0.3, -0.25) is 14.3 Å². The lowest BCUT2D eigenvalue weighted by Gasteiger charge is -2.05. The first-order valence-corrected chi connectivity index (χ1v) is 6.72. The number of carbonyl (C=O) groups is 1. The van der Waals surface area contributed by atoms with Crippen LogP contribution in [0.5, 0.6) is 0 Å². The van der Waals surface area contributed by atoms with Gasteiger partial charge in [0.05, 0.1) is 28.6 Å². The summed E-state index contributed by atoms with van der Waals surface area (Å²) >= 11 is 0. The van der Waals surface area contributed by atoms with Crippen LogP contribution in [0, 0.1) is 6.92 Å². The smallest absolute Gasteiger partial charge is 0.260 e. The quantitative estimate of drug-likeness (QED) is 0.771. The number of aromatic nitrogens is 4. The van der Waals surface area contributed by atoms with Gasteiger partial charge < -0.3 is 9.88 Å². The van der Waals surface area contributed by atoms with Gasteiger partial charge in [-0.05, 0) is 25.1 Å². The molecule has 22 heavy (non-hydrogen) atoms. The number of fused-ring (bicyclic) bond motifs is 1. The van der Waals surface area contributed by atoms with Crippen molar-refractivity contribution < 1.29 is 4.79 Å². The minimum Gasteiger partial charge on any atom is -0.319 e. The molecule has 1 N–H and O–H groups in total. The third-order valence-corrected chi connectivity index (χ3v) is 3.44. The highest BCUT2D eigenvalue weighted by Gasteiger charge is 2.12. The minimum atomic E-state index is -0.263. The van der Waals surface area contributed by atoms with Gasteiger partial charge in [0.1, 0.15) is 0 Å². The predicted molar refractivity (Wildman–Crippen MR) is 82.9 cm³/mol. The lowest BCUT2D eigenvalue weighted by Crippen LogP contribution is -2.18. The zero-order valence-corrected chi connectivity index (χ0v) is 12.5. The zero-order valence-electron chi connectivity index (χ0n) is 12.5. The van der Waals surface area contributed by atoms with Crippen LogP contribution in [0.2, 0.25) is 0 Å².